The summed E-state index contributed by atoms with van der Waals surface area (Å²) in [6, 6.07) is 7.12. The third-order valence-corrected chi connectivity index (χ3v) is 5.54. The highest BCUT2D eigenvalue weighted by molar-refractivity contribution is 7.13. The number of ether oxygens (including phenoxy) is 1. The molecule has 0 aliphatic carbocycles. The van der Waals surface area contributed by atoms with Gasteiger partial charge in [-0.2, -0.15) is 5.10 Å². The van der Waals surface area contributed by atoms with Crippen molar-refractivity contribution in [3.63, 3.8) is 0 Å². The van der Waals surface area contributed by atoms with Gasteiger partial charge in [0.05, 0.1) is 29.6 Å². The van der Waals surface area contributed by atoms with Crippen LogP contribution in [0.4, 0.5) is 5.13 Å². The molecule has 1 amide bonds. The summed E-state index contributed by atoms with van der Waals surface area (Å²) in [5.41, 5.74) is 1.40. The molecule has 2 unspecified atom stereocenters. The lowest BCUT2D eigenvalue weighted by atomic mass is 10.2. The van der Waals surface area contributed by atoms with Gasteiger partial charge in [0, 0.05) is 30.4 Å². The highest BCUT2D eigenvalue weighted by Gasteiger charge is 2.22. The van der Waals surface area contributed by atoms with Crippen LogP contribution in [0.25, 0.3) is 10.9 Å². The van der Waals surface area contributed by atoms with Crippen molar-refractivity contribution >= 4 is 33.3 Å². The van der Waals surface area contributed by atoms with Crippen LogP contribution in [0.1, 0.15) is 19.5 Å². The molecule has 0 spiro atoms. The fourth-order valence-electron chi connectivity index (χ4n) is 3.66. The Labute approximate surface area is 172 Å². The molecular formula is C20H23N5O3S. The van der Waals surface area contributed by atoms with Crippen LogP contribution in [0.2, 0.25) is 0 Å². The van der Waals surface area contributed by atoms with Gasteiger partial charge in [0.1, 0.15) is 6.54 Å². The predicted molar refractivity (Wildman–Crippen MR) is 112 cm³/mol. The number of para-hydroxylation sites is 1. The molecule has 9 heteroatoms. The van der Waals surface area contributed by atoms with Crippen LogP contribution in [0.5, 0.6) is 0 Å². The Hall–Kier alpha value is -2.62. The molecule has 3 heterocycles. The molecule has 1 aliphatic rings. The van der Waals surface area contributed by atoms with Crippen molar-refractivity contribution in [1.82, 2.24) is 19.7 Å². The van der Waals surface area contributed by atoms with Crippen LogP contribution in [0, 0.1) is 0 Å². The summed E-state index contributed by atoms with van der Waals surface area (Å²) in [7, 11) is 0. The average molecular weight is 414 g/mol. The molecule has 0 radical (unpaired) electrons. The van der Waals surface area contributed by atoms with E-state index in [1.54, 1.807) is 18.2 Å². The maximum atomic E-state index is 12.5. The molecule has 2 aromatic heterocycles. The molecule has 1 aromatic carbocycles. The lowest BCUT2D eigenvalue weighted by Crippen LogP contribution is -2.44. The Morgan fingerprint density at radius 3 is 2.83 bits per heavy atom. The van der Waals surface area contributed by atoms with Gasteiger partial charge in [-0.25, -0.2) is 4.98 Å². The number of aromatic nitrogens is 3. The SMILES string of the molecule is CC1CN(Cc2csc(NC(=O)Cn3ncc(=O)c4ccccc43)n2)CC(C)O1. The molecular weight excluding hydrogens is 390 g/mol. The van der Waals surface area contributed by atoms with Crippen molar-refractivity contribution in [2.24, 2.45) is 0 Å². The van der Waals surface area contributed by atoms with E-state index in [1.807, 2.05) is 11.4 Å². The summed E-state index contributed by atoms with van der Waals surface area (Å²) >= 11 is 1.40. The van der Waals surface area contributed by atoms with E-state index in [0.717, 1.165) is 25.3 Å². The van der Waals surface area contributed by atoms with Crippen molar-refractivity contribution in [2.75, 3.05) is 18.4 Å². The molecule has 1 aliphatic heterocycles. The molecule has 1 N–H and O–H groups in total. The molecule has 152 valence electrons. The Kier molecular flexibility index (Phi) is 5.70. The Morgan fingerprint density at radius 1 is 1.28 bits per heavy atom. The minimum Gasteiger partial charge on any atom is -0.373 e. The van der Waals surface area contributed by atoms with Crippen molar-refractivity contribution in [3.8, 4) is 0 Å². The van der Waals surface area contributed by atoms with Crippen LogP contribution >= 0.6 is 11.3 Å². The van der Waals surface area contributed by atoms with Gasteiger partial charge in [0.25, 0.3) is 0 Å². The molecule has 29 heavy (non-hydrogen) atoms. The monoisotopic (exact) mass is 413 g/mol. The van der Waals surface area contributed by atoms with Crippen molar-refractivity contribution in [3.05, 3.63) is 51.8 Å². The largest absolute Gasteiger partial charge is 0.373 e. The smallest absolute Gasteiger partial charge is 0.247 e. The summed E-state index contributed by atoms with van der Waals surface area (Å²) in [5.74, 6) is -0.235. The lowest BCUT2D eigenvalue weighted by Gasteiger charge is -2.34. The molecule has 8 nitrogen and oxygen atoms in total. The van der Waals surface area contributed by atoms with E-state index in [0.29, 0.717) is 16.0 Å². The van der Waals surface area contributed by atoms with Gasteiger partial charge in [-0.3, -0.25) is 19.2 Å². The van der Waals surface area contributed by atoms with Gasteiger partial charge in [-0.15, -0.1) is 11.3 Å². The molecule has 0 bridgehead atoms. The van der Waals surface area contributed by atoms with Gasteiger partial charge in [0.15, 0.2) is 5.13 Å². The number of rotatable bonds is 5. The minimum atomic E-state index is -0.235. The summed E-state index contributed by atoms with van der Waals surface area (Å²) in [5, 5.41) is 9.99. The molecule has 3 aromatic rings. The second-order valence-electron chi connectivity index (χ2n) is 7.33. The van der Waals surface area contributed by atoms with Crippen LogP contribution in [0.15, 0.2) is 40.6 Å². The Morgan fingerprint density at radius 2 is 2.03 bits per heavy atom. The number of amides is 1. The number of benzene rings is 1. The quantitative estimate of drug-likeness (QED) is 0.689. The highest BCUT2D eigenvalue weighted by Crippen LogP contribution is 2.19. The number of fused-ring (bicyclic) bond motifs is 1. The summed E-state index contributed by atoms with van der Waals surface area (Å²) in [6.45, 7) is 6.63. The fraction of sp³-hybridized carbons (Fsp3) is 0.400. The average Bonchev–Trinajstić information content (AvgIpc) is 3.10. The number of hydrogen-bond acceptors (Lipinski definition) is 7. The number of carbonyl (C=O) groups is 1. The summed E-state index contributed by atoms with van der Waals surface area (Å²) in [6.07, 6.45) is 1.65. The van der Waals surface area contributed by atoms with E-state index in [1.165, 1.54) is 22.2 Å². The summed E-state index contributed by atoms with van der Waals surface area (Å²) < 4.78 is 7.29. The van der Waals surface area contributed by atoms with Gasteiger partial charge in [-0.05, 0) is 26.0 Å². The second kappa shape index (κ2) is 8.40. The van der Waals surface area contributed by atoms with E-state index in [-0.39, 0.29) is 30.1 Å². The predicted octanol–water partition coefficient (Wildman–Crippen LogP) is 2.10. The molecule has 4 rings (SSSR count). The first-order valence-electron chi connectivity index (χ1n) is 9.55. The van der Waals surface area contributed by atoms with E-state index in [4.69, 9.17) is 4.74 Å². The van der Waals surface area contributed by atoms with Crippen molar-refractivity contribution in [2.45, 2.75) is 39.1 Å². The second-order valence-corrected chi connectivity index (χ2v) is 8.19. The molecule has 1 fully saturated rings. The lowest BCUT2D eigenvalue weighted by molar-refractivity contribution is -0.116. The Bertz CT molecular complexity index is 1070. The molecule has 2 atom stereocenters. The standard InChI is InChI=1S/C20H23N5O3S/c1-13-8-24(9-14(2)28-13)10-15-12-29-20(22-15)23-19(27)11-25-17-6-4-3-5-16(17)18(26)7-21-25/h3-7,12-14H,8-11H2,1-2H3,(H,22,23,27). The molecule has 1 saturated heterocycles. The number of anilines is 1. The van der Waals surface area contributed by atoms with Gasteiger partial charge < -0.3 is 10.1 Å². The maximum Gasteiger partial charge on any atom is 0.247 e. The first kappa shape index (κ1) is 19.7. The van der Waals surface area contributed by atoms with Crippen molar-refractivity contribution in [1.29, 1.82) is 0 Å². The van der Waals surface area contributed by atoms with Gasteiger partial charge >= 0.3 is 0 Å². The zero-order chi connectivity index (χ0) is 20.4. The van der Waals surface area contributed by atoms with E-state index in [2.05, 4.69) is 34.1 Å². The van der Waals surface area contributed by atoms with E-state index >= 15 is 0 Å². The number of thiazole rings is 1. The number of morpholine rings is 1. The van der Waals surface area contributed by atoms with Gasteiger partial charge in [-0.1, -0.05) is 12.1 Å². The first-order chi connectivity index (χ1) is 14.0. The third-order valence-electron chi connectivity index (χ3n) is 4.73. The Balaban J connectivity index is 1.40. The van der Waals surface area contributed by atoms with Crippen LogP contribution < -0.4 is 10.7 Å². The van der Waals surface area contributed by atoms with Gasteiger partial charge in [0.2, 0.25) is 11.3 Å². The number of carbonyl (C=O) groups excluding carboxylic acids is 1. The highest BCUT2D eigenvalue weighted by atomic mass is 32.1. The zero-order valence-electron chi connectivity index (χ0n) is 16.4. The number of nitrogens with zero attached hydrogens (tertiary/aromatic N) is 4. The zero-order valence-corrected chi connectivity index (χ0v) is 17.2. The molecule has 0 saturated carbocycles. The van der Waals surface area contributed by atoms with Crippen molar-refractivity contribution < 1.29 is 9.53 Å². The first-order valence-corrected chi connectivity index (χ1v) is 10.4. The maximum absolute atomic E-state index is 12.5. The minimum absolute atomic E-state index is 0.00813. The van der Waals surface area contributed by atoms with E-state index in [9.17, 15) is 9.59 Å². The number of nitrogens with one attached hydrogen (secondary N) is 1. The van der Waals surface area contributed by atoms with Crippen LogP contribution in [-0.2, 0) is 22.6 Å². The topological polar surface area (TPSA) is 89.4 Å². The fourth-order valence-corrected chi connectivity index (χ4v) is 4.38. The van der Waals surface area contributed by atoms with Crippen LogP contribution in [-0.4, -0.2) is 50.9 Å². The van der Waals surface area contributed by atoms with E-state index < -0.39 is 0 Å². The third kappa shape index (κ3) is 4.69. The summed E-state index contributed by atoms with van der Waals surface area (Å²) in [4.78, 5) is 31.3. The number of hydrogen-bond donors (Lipinski definition) is 1. The normalized spacial score (nSPS) is 20.1. The van der Waals surface area contributed by atoms with Crippen LogP contribution in [0.3, 0.4) is 0 Å².